The van der Waals surface area contributed by atoms with Crippen LogP contribution in [0.4, 0.5) is 0 Å². The SMILES string of the molecule is CCCC(N)CC(=O)NC1(C(=O)O)CCCC1. The van der Waals surface area contributed by atoms with Crippen molar-refractivity contribution in [2.75, 3.05) is 0 Å². The summed E-state index contributed by atoms with van der Waals surface area (Å²) in [5.41, 5.74) is 4.73. The lowest BCUT2D eigenvalue weighted by Gasteiger charge is -2.26. The molecule has 1 amide bonds. The summed E-state index contributed by atoms with van der Waals surface area (Å²) in [6.07, 6.45) is 4.68. The van der Waals surface area contributed by atoms with Crippen LogP contribution in [0.3, 0.4) is 0 Å². The molecule has 1 aliphatic carbocycles. The number of nitrogens with two attached hydrogens (primary N) is 1. The van der Waals surface area contributed by atoms with Gasteiger partial charge < -0.3 is 16.2 Å². The van der Waals surface area contributed by atoms with Gasteiger partial charge in [0.05, 0.1) is 0 Å². The highest BCUT2D eigenvalue weighted by Crippen LogP contribution is 2.30. The van der Waals surface area contributed by atoms with Crippen LogP contribution in [0.1, 0.15) is 51.9 Å². The minimum atomic E-state index is -1.04. The summed E-state index contributed by atoms with van der Waals surface area (Å²) in [4.78, 5) is 23.0. The monoisotopic (exact) mass is 242 g/mol. The number of rotatable bonds is 6. The molecule has 1 unspecified atom stereocenters. The molecule has 0 aromatic rings. The molecule has 98 valence electrons. The predicted octanol–water partition coefficient (Wildman–Crippen LogP) is 1.02. The van der Waals surface area contributed by atoms with Gasteiger partial charge in [-0.1, -0.05) is 26.2 Å². The van der Waals surface area contributed by atoms with Gasteiger partial charge in [-0.15, -0.1) is 0 Å². The van der Waals surface area contributed by atoms with E-state index in [1.54, 1.807) is 0 Å². The summed E-state index contributed by atoms with van der Waals surface area (Å²) in [5, 5.41) is 11.9. The van der Waals surface area contributed by atoms with E-state index >= 15 is 0 Å². The fourth-order valence-electron chi connectivity index (χ4n) is 2.40. The molecule has 0 saturated heterocycles. The summed E-state index contributed by atoms with van der Waals surface area (Å²) in [5.74, 6) is -1.16. The third-order valence-electron chi connectivity index (χ3n) is 3.35. The third kappa shape index (κ3) is 3.70. The van der Waals surface area contributed by atoms with E-state index in [0.717, 1.165) is 25.7 Å². The largest absolute Gasteiger partial charge is 0.480 e. The summed E-state index contributed by atoms with van der Waals surface area (Å²) >= 11 is 0. The van der Waals surface area contributed by atoms with Crippen LogP contribution in [0.15, 0.2) is 0 Å². The molecule has 0 aromatic carbocycles. The number of carbonyl (C=O) groups excluding carboxylic acids is 1. The molecule has 1 saturated carbocycles. The highest BCUT2D eigenvalue weighted by molar-refractivity contribution is 5.87. The molecular formula is C12H22N2O3. The molecule has 1 aliphatic rings. The van der Waals surface area contributed by atoms with Gasteiger partial charge in [0.25, 0.3) is 0 Å². The number of nitrogens with one attached hydrogen (secondary N) is 1. The van der Waals surface area contributed by atoms with Crippen LogP contribution in [-0.2, 0) is 9.59 Å². The predicted molar refractivity (Wildman–Crippen MR) is 64.5 cm³/mol. The summed E-state index contributed by atoms with van der Waals surface area (Å²) in [6.45, 7) is 2.01. The number of aliphatic carboxylic acids is 1. The highest BCUT2D eigenvalue weighted by atomic mass is 16.4. The smallest absolute Gasteiger partial charge is 0.329 e. The Bertz CT molecular complexity index is 285. The zero-order valence-electron chi connectivity index (χ0n) is 10.4. The van der Waals surface area contributed by atoms with E-state index in [1.807, 2.05) is 6.92 Å². The molecule has 0 bridgehead atoms. The van der Waals surface area contributed by atoms with Gasteiger partial charge >= 0.3 is 5.97 Å². The lowest BCUT2D eigenvalue weighted by Crippen LogP contribution is -2.53. The van der Waals surface area contributed by atoms with Gasteiger partial charge in [0.1, 0.15) is 5.54 Å². The quantitative estimate of drug-likeness (QED) is 0.648. The number of hydrogen-bond acceptors (Lipinski definition) is 3. The van der Waals surface area contributed by atoms with Gasteiger partial charge in [0, 0.05) is 12.5 Å². The van der Waals surface area contributed by atoms with Crippen molar-refractivity contribution in [3.63, 3.8) is 0 Å². The fourth-order valence-corrected chi connectivity index (χ4v) is 2.40. The number of carbonyl (C=O) groups is 2. The van der Waals surface area contributed by atoms with Crippen LogP contribution >= 0.6 is 0 Å². The van der Waals surface area contributed by atoms with Crippen molar-refractivity contribution in [3.8, 4) is 0 Å². The fraction of sp³-hybridized carbons (Fsp3) is 0.833. The van der Waals surface area contributed by atoms with Crippen LogP contribution in [-0.4, -0.2) is 28.6 Å². The highest BCUT2D eigenvalue weighted by Gasteiger charge is 2.42. The first kappa shape index (κ1) is 14.0. The van der Waals surface area contributed by atoms with Crippen molar-refractivity contribution in [2.45, 2.75) is 63.5 Å². The standard InChI is InChI=1S/C12H22N2O3/c1-2-5-9(13)8-10(15)14-12(11(16)17)6-3-4-7-12/h9H,2-8,13H2,1H3,(H,14,15)(H,16,17). The summed E-state index contributed by atoms with van der Waals surface area (Å²) in [6, 6.07) is -0.174. The van der Waals surface area contributed by atoms with Crippen LogP contribution in [0, 0.1) is 0 Å². The molecule has 0 heterocycles. The Morgan fingerprint density at radius 2 is 2.00 bits per heavy atom. The van der Waals surface area contributed by atoms with Crippen molar-refractivity contribution in [1.29, 1.82) is 0 Å². The minimum absolute atomic E-state index is 0.174. The van der Waals surface area contributed by atoms with E-state index in [9.17, 15) is 14.7 Å². The molecule has 4 N–H and O–H groups in total. The molecule has 0 aliphatic heterocycles. The van der Waals surface area contributed by atoms with Crippen LogP contribution < -0.4 is 11.1 Å². The Hall–Kier alpha value is -1.10. The third-order valence-corrected chi connectivity index (χ3v) is 3.35. The Labute approximate surface area is 102 Å². The Morgan fingerprint density at radius 3 is 2.47 bits per heavy atom. The Morgan fingerprint density at radius 1 is 1.41 bits per heavy atom. The number of carboxylic acid groups (broad SMARTS) is 1. The lowest BCUT2D eigenvalue weighted by molar-refractivity contribution is -0.147. The maximum absolute atomic E-state index is 11.7. The second-order valence-electron chi connectivity index (χ2n) is 4.90. The molecule has 1 atom stereocenters. The first-order valence-electron chi connectivity index (χ1n) is 6.30. The molecule has 0 aromatic heterocycles. The number of amides is 1. The topological polar surface area (TPSA) is 92.4 Å². The first-order chi connectivity index (χ1) is 8.00. The van der Waals surface area contributed by atoms with Crippen molar-refractivity contribution >= 4 is 11.9 Å². The second kappa shape index (κ2) is 6.00. The van der Waals surface area contributed by atoms with E-state index in [1.165, 1.54) is 0 Å². The van der Waals surface area contributed by atoms with Gasteiger partial charge in [-0.25, -0.2) is 4.79 Å². The summed E-state index contributed by atoms with van der Waals surface area (Å²) in [7, 11) is 0. The van der Waals surface area contributed by atoms with Gasteiger partial charge in [-0.2, -0.15) is 0 Å². The molecule has 0 radical (unpaired) electrons. The number of hydrogen-bond donors (Lipinski definition) is 3. The molecular weight excluding hydrogens is 220 g/mol. The molecule has 17 heavy (non-hydrogen) atoms. The van der Waals surface area contributed by atoms with Gasteiger partial charge in [0.2, 0.25) is 5.91 Å². The van der Waals surface area contributed by atoms with Gasteiger partial charge in [-0.05, 0) is 19.3 Å². The summed E-state index contributed by atoms with van der Waals surface area (Å²) < 4.78 is 0. The molecule has 5 heteroatoms. The molecule has 5 nitrogen and oxygen atoms in total. The van der Waals surface area contributed by atoms with Crippen molar-refractivity contribution in [3.05, 3.63) is 0 Å². The van der Waals surface area contributed by atoms with E-state index in [-0.39, 0.29) is 18.4 Å². The maximum atomic E-state index is 11.7. The van der Waals surface area contributed by atoms with E-state index in [0.29, 0.717) is 12.8 Å². The normalized spacial score (nSPS) is 19.9. The average Bonchev–Trinajstić information content (AvgIpc) is 2.67. The van der Waals surface area contributed by atoms with Crippen molar-refractivity contribution in [2.24, 2.45) is 5.73 Å². The van der Waals surface area contributed by atoms with Crippen molar-refractivity contribution < 1.29 is 14.7 Å². The van der Waals surface area contributed by atoms with Crippen LogP contribution in [0.5, 0.6) is 0 Å². The van der Waals surface area contributed by atoms with E-state index in [4.69, 9.17) is 5.73 Å². The molecule has 1 fully saturated rings. The van der Waals surface area contributed by atoms with Crippen molar-refractivity contribution in [1.82, 2.24) is 5.32 Å². The average molecular weight is 242 g/mol. The Balaban J connectivity index is 2.51. The maximum Gasteiger partial charge on any atom is 0.329 e. The van der Waals surface area contributed by atoms with E-state index in [2.05, 4.69) is 5.32 Å². The van der Waals surface area contributed by atoms with Crippen LogP contribution in [0.2, 0.25) is 0 Å². The minimum Gasteiger partial charge on any atom is -0.480 e. The van der Waals surface area contributed by atoms with Gasteiger partial charge in [-0.3, -0.25) is 4.79 Å². The van der Waals surface area contributed by atoms with Gasteiger partial charge in [0.15, 0.2) is 0 Å². The first-order valence-corrected chi connectivity index (χ1v) is 6.30. The Kier molecular flexibility index (Phi) is 4.93. The number of carboxylic acids is 1. The van der Waals surface area contributed by atoms with E-state index < -0.39 is 11.5 Å². The molecule has 1 rings (SSSR count). The lowest BCUT2D eigenvalue weighted by atomic mass is 9.97. The zero-order chi connectivity index (χ0) is 12.9. The molecule has 0 spiro atoms. The second-order valence-corrected chi connectivity index (χ2v) is 4.90. The zero-order valence-corrected chi connectivity index (χ0v) is 10.4. The van der Waals surface area contributed by atoms with Crippen LogP contribution in [0.25, 0.3) is 0 Å².